The Labute approximate surface area is 216 Å². The monoisotopic (exact) mass is 520 g/mol. The van der Waals surface area contributed by atoms with Crippen molar-refractivity contribution in [3.63, 3.8) is 0 Å². The highest BCUT2D eigenvalue weighted by molar-refractivity contribution is 7.99. The van der Waals surface area contributed by atoms with Crippen molar-refractivity contribution in [2.24, 2.45) is 0 Å². The van der Waals surface area contributed by atoms with Crippen LogP contribution in [0.3, 0.4) is 0 Å². The standard InChI is InChI=1S/C28H22ClFN2O3S/c1-16-26(36-18-6-4-5-17(13-18)27(34)35)19-9-10-21(29)24(30)25(19)31(16)14-23(33)32-15-28(11-12-28)20-7-2-3-8-22(20)32/h2-10,13H,11-12,14-15H2,1H3,(H,34,35). The number of hydrogen-bond donors (Lipinski definition) is 1. The Balaban J connectivity index is 1.41. The van der Waals surface area contributed by atoms with Gasteiger partial charge in [0.1, 0.15) is 6.54 Å². The number of fused-ring (bicyclic) bond motifs is 3. The molecular weight excluding hydrogens is 499 g/mol. The Bertz CT molecular complexity index is 1580. The number of carboxylic acids is 1. The Morgan fingerprint density at radius 3 is 2.64 bits per heavy atom. The third-order valence-corrected chi connectivity index (χ3v) is 8.79. The predicted molar refractivity (Wildman–Crippen MR) is 139 cm³/mol. The summed E-state index contributed by atoms with van der Waals surface area (Å²) in [5.41, 5.74) is 3.39. The molecule has 182 valence electrons. The maximum Gasteiger partial charge on any atom is 0.335 e. The number of carboxylic acid groups (broad SMARTS) is 1. The molecule has 1 saturated carbocycles. The van der Waals surface area contributed by atoms with Gasteiger partial charge in [-0.3, -0.25) is 4.79 Å². The summed E-state index contributed by atoms with van der Waals surface area (Å²) in [5.74, 6) is -1.69. The number of amides is 1. The summed E-state index contributed by atoms with van der Waals surface area (Å²) in [4.78, 5) is 28.4. The maximum absolute atomic E-state index is 15.4. The van der Waals surface area contributed by atoms with Crippen molar-refractivity contribution in [3.05, 3.63) is 88.3 Å². The average Bonchev–Trinajstić information content (AvgIpc) is 3.52. The number of carbonyl (C=O) groups excluding carboxylic acids is 1. The van der Waals surface area contributed by atoms with E-state index in [0.717, 1.165) is 29.1 Å². The zero-order valence-electron chi connectivity index (χ0n) is 19.4. The lowest BCUT2D eigenvalue weighted by atomic mass is 9.99. The van der Waals surface area contributed by atoms with Crippen molar-refractivity contribution in [1.82, 2.24) is 4.57 Å². The first-order valence-corrected chi connectivity index (χ1v) is 12.9. The molecule has 1 aliphatic heterocycles. The van der Waals surface area contributed by atoms with Crippen LogP contribution in [0, 0.1) is 12.7 Å². The lowest BCUT2D eigenvalue weighted by Crippen LogP contribution is -2.34. The topological polar surface area (TPSA) is 62.5 Å². The molecule has 0 atom stereocenters. The number of carbonyl (C=O) groups is 2. The zero-order chi connectivity index (χ0) is 25.2. The van der Waals surface area contributed by atoms with Gasteiger partial charge in [-0.15, -0.1) is 0 Å². The van der Waals surface area contributed by atoms with Crippen molar-refractivity contribution in [2.45, 2.75) is 41.5 Å². The van der Waals surface area contributed by atoms with Crippen LogP contribution in [0.15, 0.2) is 70.5 Å². The van der Waals surface area contributed by atoms with Gasteiger partial charge in [0.15, 0.2) is 5.82 Å². The fourth-order valence-electron chi connectivity index (χ4n) is 5.26. The Kier molecular flexibility index (Phi) is 5.39. The SMILES string of the molecule is Cc1c(Sc2cccc(C(=O)O)c2)c2ccc(Cl)c(F)c2n1CC(=O)N1CC2(CC2)c2ccccc21. The van der Waals surface area contributed by atoms with Gasteiger partial charge in [-0.2, -0.15) is 0 Å². The number of nitrogens with zero attached hydrogens (tertiary/aromatic N) is 2. The number of anilines is 1. The molecule has 36 heavy (non-hydrogen) atoms. The van der Waals surface area contributed by atoms with Gasteiger partial charge in [0.25, 0.3) is 0 Å². The second-order valence-electron chi connectivity index (χ2n) is 9.47. The highest BCUT2D eigenvalue weighted by atomic mass is 35.5. The average molecular weight is 521 g/mol. The largest absolute Gasteiger partial charge is 0.478 e. The van der Waals surface area contributed by atoms with Crippen molar-refractivity contribution < 1.29 is 19.1 Å². The Morgan fingerprint density at radius 1 is 1.11 bits per heavy atom. The van der Waals surface area contributed by atoms with E-state index in [9.17, 15) is 14.7 Å². The normalized spacial score (nSPS) is 15.5. The third-order valence-electron chi connectivity index (χ3n) is 7.29. The Hall–Kier alpha value is -3.29. The lowest BCUT2D eigenvalue weighted by molar-refractivity contribution is -0.119. The van der Waals surface area contributed by atoms with Crippen molar-refractivity contribution in [2.75, 3.05) is 11.4 Å². The van der Waals surface area contributed by atoms with Gasteiger partial charge >= 0.3 is 5.97 Å². The quantitative estimate of drug-likeness (QED) is 0.319. The summed E-state index contributed by atoms with van der Waals surface area (Å²) in [7, 11) is 0. The van der Waals surface area contributed by atoms with E-state index in [-0.39, 0.29) is 34.0 Å². The first kappa shape index (κ1) is 23.1. The third kappa shape index (κ3) is 3.61. The highest BCUT2D eigenvalue weighted by Crippen LogP contribution is 2.56. The molecule has 8 heteroatoms. The van der Waals surface area contributed by atoms with Gasteiger partial charge in [0.2, 0.25) is 5.91 Å². The van der Waals surface area contributed by atoms with E-state index in [1.807, 2.05) is 36.1 Å². The molecule has 1 aromatic heterocycles. The van der Waals surface area contributed by atoms with E-state index < -0.39 is 11.8 Å². The number of halogens is 2. The molecule has 1 amide bonds. The van der Waals surface area contributed by atoms with Crippen LogP contribution in [-0.2, 0) is 16.8 Å². The number of para-hydroxylation sites is 1. The molecule has 0 bridgehead atoms. The molecule has 2 heterocycles. The number of aromatic nitrogens is 1. The number of aromatic carboxylic acids is 1. The molecular formula is C28H22ClFN2O3S. The zero-order valence-corrected chi connectivity index (χ0v) is 21.0. The molecule has 6 rings (SSSR count). The summed E-state index contributed by atoms with van der Waals surface area (Å²) in [6.07, 6.45) is 2.14. The maximum atomic E-state index is 15.4. The van der Waals surface area contributed by atoms with Crippen molar-refractivity contribution in [3.8, 4) is 0 Å². The van der Waals surface area contributed by atoms with Crippen molar-refractivity contribution in [1.29, 1.82) is 0 Å². The van der Waals surface area contributed by atoms with Crippen molar-refractivity contribution >= 4 is 51.8 Å². The number of rotatable bonds is 5. The van der Waals surface area contributed by atoms with Gasteiger partial charge in [-0.1, -0.05) is 47.6 Å². The van der Waals surface area contributed by atoms with Gasteiger partial charge < -0.3 is 14.6 Å². The summed E-state index contributed by atoms with van der Waals surface area (Å²) < 4.78 is 17.1. The van der Waals surface area contributed by atoms with E-state index in [0.29, 0.717) is 16.8 Å². The number of benzene rings is 3. The molecule has 5 nitrogen and oxygen atoms in total. The van der Waals surface area contributed by atoms with Crippen LogP contribution in [0.5, 0.6) is 0 Å². The van der Waals surface area contributed by atoms with Crippen LogP contribution in [0.2, 0.25) is 5.02 Å². The molecule has 2 aliphatic rings. The molecule has 4 aromatic rings. The fourth-order valence-corrected chi connectivity index (χ4v) is 6.51. The lowest BCUT2D eigenvalue weighted by Gasteiger charge is -2.19. The summed E-state index contributed by atoms with van der Waals surface area (Å²) in [5, 5.41) is 9.99. The predicted octanol–water partition coefficient (Wildman–Crippen LogP) is 6.67. The van der Waals surface area contributed by atoms with E-state index in [1.165, 1.54) is 29.5 Å². The van der Waals surface area contributed by atoms with Crippen LogP contribution in [0.4, 0.5) is 10.1 Å². The van der Waals surface area contributed by atoms with Crippen LogP contribution in [0.25, 0.3) is 10.9 Å². The van der Waals surface area contributed by atoms with Crippen LogP contribution < -0.4 is 4.90 Å². The second-order valence-corrected chi connectivity index (χ2v) is 11.0. The highest BCUT2D eigenvalue weighted by Gasteiger charge is 2.52. The molecule has 1 fully saturated rings. The molecule has 1 spiro atoms. The molecule has 0 radical (unpaired) electrons. The van der Waals surface area contributed by atoms with Gasteiger partial charge in [0, 0.05) is 38.5 Å². The summed E-state index contributed by atoms with van der Waals surface area (Å²) in [6.45, 7) is 2.47. The minimum atomic E-state index is -1.01. The Morgan fingerprint density at radius 2 is 1.89 bits per heavy atom. The van der Waals surface area contributed by atoms with Gasteiger partial charge in [-0.25, -0.2) is 9.18 Å². The van der Waals surface area contributed by atoms with E-state index >= 15 is 4.39 Å². The van der Waals surface area contributed by atoms with Crippen LogP contribution in [-0.4, -0.2) is 28.1 Å². The minimum Gasteiger partial charge on any atom is -0.478 e. The molecule has 0 saturated heterocycles. The van der Waals surface area contributed by atoms with E-state index in [2.05, 4.69) is 6.07 Å². The van der Waals surface area contributed by atoms with Gasteiger partial charge in [-0.05, 0) is 61.7 Å². The molecule has 1 N–H and O–H groups in total. The first-order chi connectivity index (χ1) is 17.3. The van der Waals surface area contributed by atoms with E-state index in [4.69, 9.17) is 11.6 Å². The molecule has 1 aliphatic carbocycles. The first-order valence-electron chi connectivity index (χ1n) is 11.7. The van der Waals surface area contributed by atoms with E-state index in [1.54, 1.807) is 22.8 Å². The van der Waals surface area contributed by atoms with Crippen LogP contribution in [0.1, 0.15) is 34.5 Å². The van der Waals surface area contributed by atoms with Crippen LogP contribution >= 0.6 is 23.4 Å². The summed E-state index contributed by atoms with van der Waals surface area (Å²) in [6, 6.07) is 17.9. The molecule has 3 aromatic carbocycles. The van der Waals surface area contributed by atoms with Gasteiger partial charge in [0.05, 0.1) is 16.1 Å². The number of hydrogen-bond acceptors (Lipinski definition) is 3. The summed E-state index contributed by atoms with van der Waals surface area (Å²) >= 11 is 7.51. The minimum absolute atomic E-state index is 0.0124. The fraction of sp³-hybridized carbons (Fsp3) is 0.214. The molecule has 0 unspecified atom stereocenters. The smallest absolute Gasteiger partial charge is 0.335 e. The second kappa shape index (κ2) is 8.39.